The average Bonchev–Trinajstić information content (AvgIpc) is 3.14. The number of carbonyl (C=O) groups is 3. The van der Waals surface area contributed by atoms with Crippen LogP contribution < -0.4 is 5.32 Å². The number of Topliss-reactive ketones (excluding diaryl/α,β-unsaturated/α-hetero) is 1. The standard InChI is InChI=1S/C17H28N2O.C4H4O4/c1-3-5-12-13-6-7-15(17(20)4-2)19-16(13)8-11-9-18-10-14(11)12;5-3(6)1-2-4(7)8/h11-15,18H,3-10H2,1-2H3;1-2H,(H,5,6)(H,7,8)/b;2-1+. The summed E-state index contributed by atoms with van der Waals surface area (Å²) in [7, 11) is 0. The molecule has 7 heteroatoms. The van der Waals surface area contributed by atoms with Crippen LogP contribution in [0.2, 0.25) is 0 Å². The predicted octanol–water partition coefficient (Wildman–Crippen LogP) is 2.55. The number of aliphatic imine (C=N–C) groups is 1. The van der Waals surface area contributed by atoms with Crippen molar-refractivity contribution in [3.8, 4) is 0 Å². The molecule has 0 aromatic carbocycles. The number of hydrogen-bond donors (Lipinski definition) is 3. The highest BCUT2D eigenvalue weighted by Gasteiger charge is 2.45. The van der Waals surface area contributed by atoms with Crippen molar-refractivity contribution in [2.75, 3.05) is 13.1 Å². The molecule has 5 unspecified atom stereocenters. The monoisotopic (exact) mass is 392 g/mol. The van der Waals surface area contributed by atoms with E-state index >= 15 is 0 Å². The fourth-order valence-corrected chi connectivity index (χ4v) is 4.93. The lowest BCUT2D eigenvalue weighted by Crippen LogP contribution is -2.43. The van der Waals surface area contributed by atoms with Gasteiger partial charge in [-0.05, 0) is 56.5 Å². The highest BCUT2D eigenvalue weighted by molar-refractivity contribution is 5.93. The van der Waals surface area contributed by atoms with Crippen LogP contribution in [0.25, 0.3) is 0 Å². The van der Waals surface area contributed by atoms with E-state index < -0.39 is 11.9 Å². The maximum atomic E-state index is 12.0. The molecule has 156 valence electrons. The highest BCUT2D eigenvalue weighted by Crippen LogP contribution is 2.45. The number of fused-ring (bicyclic) bond motifs is 2. The summed E-state index contributed by atoms with van der Waals surface area (Å²) in [5.41, 5.74) is 1.39. The Morgan fingerprint density at radius 1 is 1.11 bits per heavy atom. The predicted molar refractivity (Wildman–Crippen MR) is 107 cm³/mol. The minimum atomic E-state index is -1.26. The van der Waals surface area contributed by atoms with Crippen LogP contribution in [0, 0.1) is 23.7 Å². The van der Waals surface area contributed by atoms with Crippen molar-refractivity contribution in [1.29, 1.82) is 0 Å². The van der Waals surface area contributed by atoms with Crippen molar-refractivity contribution >= 4 is 23.4 Å². The zero-order valence-corrected chi connectivity index (χ0v) is 16.8. The molecule has 2 fully saturated rings. The molecular formula is C21H32N2O5. The molecule has 28 heavy (non-hydrogen) atoms. The van der Waals surface area contributed by atoms with Crippen molar-refractivity contribution < 1.29 is 24.6 Å². The van der Waals surface area contributed by atoms with E-state index in [2.05, 4.69) is 12.2 Å². The van der Waals surface area contributed by atoms with Gasteiger partial charge in [0.2, 0.25) is 0 Å². The molecule has 5 atom stereocenters. The van der Waals surface area contributed by atoms with Crippen molar-refractivity contribution in [3.05, 3.63) is 12.2 Å². The molecular weight excluding hydrogens is 360 g/mol. The molecule has 0 aromatic heterocycles. The van der Waals surface area contributed by atoms with E-state index in [1.165, 1.54) is 31.5 Å². The molecule has 0 aromatic rings. The number of rotatable bonds is 6. The number of carboxylic acid groups (broad SMARTS) is 2. The van der Waals surface area contributed by atoms with E-state index in [1.807, 2.05) is 6.92 Å². The molecule has 0 spiro atoms. The number of nitrogens with one attached hydrogen (secondary N) is 1. The van der Waals surface area contributed by atoms with Gasteiger partial charge in [0.05, 0.1) is 0 Å². The highest BCUT2D eigenvalue weighted by atomic mass is 16.4. The molecule has 3 N–H and O–H groups in total. The fraction of sp³-hybridized carbons (Fsp3) is 0.714. The number of nitrogens with zero attached hydrogens (tertiary/aromatic N) is 1. The Labute approximate surface area is 166 Å². The minimum absolute atomic E-state index is 0.0144. The zero-order valence-electron chi connectivity index (χ0n) is 16.8. The van der Waals surface area contributed by atoms with Gasteiger partial charge >= 0.3 is 11.9 Å². The third-order valence-electron chi connectivity index (χ3n) is 6.14. The van der Waals surface area contributed by atoms with Gasteiger partial charge < -0.3 is 15.5 Å². The van der Waals surface area contributed by atoms with Crippen LogP contribution in [0.1, 0.15) is 52.4 Å². The quantitative estimate of drug-likeness (QED) is 0.598. The molecule has 1 aliphatic carbocycles. The first-order valence-corrected chi connectivity index (χ1v) is 10.3. The van der Waals surface area contributed by atoms with E-state index in [0.29, 0.717) is 30.3 Å². The van der Waals surface area contributed by atoms with Crippen LogP contribution in [0.3, 0.4) is 0 Å². The van der Waals surface area contributed by atoms with Gasteiger partial charge in [-0.25, -0.2) is 9.59 Å². The van der Waals surface area contributed by atoms with Crippen LogP contribution in [0.5, 0.6) is 0 Å². The van der Waals surface area contributed by atoms with E-state index in [9.17, 15) is 14.4 Å². The lowest BCUT2D eigenvalue weighted by Gasteiger charge is -2.43. The van der Waals surface area contributed by atoms with Gasteiger partial charge in [0.15, 0.2) is 5.78 Å². The third kappa shape index (κ3) is 5.74. The number of carboxylic acids is 2. The van der Waals surface area contributed by atoms with E-state index in [0.717, 1.165) is 37.1 Å². The molecule has 0 radical (unpaired) electrons. The normalized spacial score (nSPS) is 31.2. The third-order valence-corrected chi connectivity index (χ3v) is 6.14. The largest absolute Gasteiger partial charge is 0.478 e. The van der Waals surface area contributed by atoms with Crippen molar-refractivity contribution in [2.24, 2.45) is 28.7 Å². The number of hydrogen-bond acceptors (Lipinski definition) is 5. The van der Waals surface area contributed by atoms with E-state index in [-0.39, 0.29) is 6.04 Å². The second-order valence-corrected chi connectivity index (χ2v) is 7.89. The molecule has 2 aliphatic heterocycles. The Morgan fingerprint density at radius 3 is 2.36 bits per heavy atom. The second kappa shape index (κ2) is 10.5. The number of aliphatic carboxylic acids is 2. The van der Waals surface area contributed by atoms with Gasteiger partial charge in [0.25, 0.3) is 0 Å². The summed E-state index contributed by atoms with van der Waals surface area (Å²) >= 11 is 0. The SMILES string of the molecule is CCCC1C2CCC(C(=O)CC)N=C2CC2CNCC21.O=C(O)/C=C/C(=O)O. The maximum absolute atomic E-state index is 12.0. The molecule has 0 amide bonds. The van der Waals surface area contributed by atoms with Gasteiger partial charge in [-0.3, -0.25) is 9.79 Å². The van der Waals surface area contributed by atoms with Crippen LogP contribution >= 0.6 is 0 Å². The first-order chi connectivity index (χ1) is 13.4. The molecule has 3 rings (SSSR count). The van der Waals surface area contributed by atoms with Gasteiger partial charge in [-0.2, -0.15) is 0 Å². The Kier molecular flexibility index (Phi) is 8.35. The Hall–Kier alpha value is -2.02. The second-order valence-electron chi connectivity index (χ2n) is 7.89. The summed E-state index contributed by atoms with van der Waals surface area (Å²) in [6, 6.07) is -0.0144. The zero-order chi connectivity index (χ0) is 20.7. The first kappa shape index (κ1) is 22.3. The summed E-state index contributed by atoms with van der Waals surface area (Å²) in [4.78, 5) is 36.0. The van der Waals surface area contributed by atoms with E-state index in [1.54, 1.807) is 0 Å². The van der Waals surface area contributed by atoms with Crippen LogP contribution in [-0.4, -0.2) is 52.8 Å². The summed E-state index contributed by atoms with van der Waals surface area (Å²) < 4.78 is 0. The first-order valence-electron chi connectivity index (χ1n) is 10.3. The molecule has 3 aliphatic rings. The van der Waals surface area contributed by atoms with Crippen molar-refractivity contribution in [3.63, 3.8) is 0 Å². The summed E-state index contributed by atoms with van der Waals surface area (Å²) in [6.07, 6.45) is 7.70. The van der Waals surface area contributed by atoms with Crippen LogP contribution in [-0.2, 0) is 14.4 Å². The van der Waals surface area contributed by atoms with Gasteiger partial charge in [0, 0.05) is 30.2 Å². The number of ketones is 1. The lowest BCUT2D eigenvalue weighted by atomic mass is 9.63. The van der Waals surface area contributed by atoms with Crippen LogP contribution in [0.4, 0.5) is 0 Å². The van der Waals surface area contributed by atoms with Gasteiger partial charge in [-0.15, -0.1) is 0 Å². The summed E-state index contributed by atoms with van der Waals surface area (Å²) in [6.45, 7) is 6.63. The molecule has 0 bridgehead atoms. The van der Waals surface area contributed by atoms with Gasteiger partial charge in [-0.1, -0.05) is 20.3 Å². The molecule has 7 nitrogen and oxygen atoms in total. The maximum Gasteiger partial charge on any atom is 0.328 e. The average molecular weight is 392 g/mol. The Morgan fingerprint density at radius 2 is 1.79 bits per heavy atom. The summed E-state index contributed by atoms with van der Waals surface area (Å²) in [5.74, 6) is 0.950. The van der Waals surface area contributed by atoms with Crippen LogP contribution in [0.15, 0.2) is 17.1 Å². The van der Waals surface area contributed by atoms with Crippen molar-refractivity contribution in [2.45, 2.75) is 58.4 Å². The topological polar surface area (TPSA) is 116 Å². The minimum Gasteiger partial charge on any atom is -0.478 e. The smallest absolute Gasteiger partial charge is 0.328 e. The van der Waals surface area contributed by atoms with E-state index in [4.69, 9.17) is 15.2 Å². The molecule has 2 heterocycles. The lowest BCUT2D eigenvalue weighted by molar-refractivity contribution is -0.134. The molecule has 1 saturated carbocycles. The van der Waals surface area contributed by atoms with Crippen molar-refractivity contribution in [1.82, 2.24) is 5.32 Å². The Balaban J connectivity index is 0.000000300. The Bertz CT molecular complexity index is 627. The summed E-state index contributed by atoms with van der Waals surface area (Å²) in [5, 5.41) is 19.2. The van der Waals surface area contributed by atoms with Gasteiger partial charge in [0.1, 0.15) is 6.04 Å². The number of carbonyl (C=O) groups excluding carboxylic acids is 1. The molecule has 1 saturated heterocycles. The fourth-order valence-electron chi connectivity index (χ4n) is 4.93.